The molecule has 5 nitrogen and oxygen atoms in total. The lowest BCUT2D eigenvalue weighted by Gasteiger charge is -2.13. The highest BCUT2D eigenvalue weighted by molar-refractivity contribution is 6.17. The molecule has 0 saturated carbocycles. The zero-order chi connectivity index (χ0) is 37.0. The lowest BCUT2D eigenvalue weighted by atomic mass is 9.93. The summed E-state index contributed by atoms with van der Waals surface area (Å²) in [4.78, 5) is 14.6. The molecule has 0 saturated heterocycles. The molecule has 4 heterocycles. The maximum absolute atomic E-state index is 6.68. The Morgan fingerprint density at radius 3 is 1.82 bits per heavy atom. The van der Waals surface area contributed by atoms with E-state index in [0.717, 1.165) is 105 Å². The molecule has 0 aliphatic heterocycles. The number of aromatic nitrogens is 3. The van der Waals surface area contributed by atoms with Gasteiger partial charge in [-0.15, -0.1) is 0 Å². The summed E-state index contributed by atoms with van der Waals surface area (Å²) < 4.78 is 12.8. The van der Waals surface area contributed by atoms with Gasteiger partial charge in [0.25, 0.3) is 0 Å². The standard InChI is InChI=1S/C51H31N3O2/c1-2-11-34(12-3-1)51-53-44(30-45(54-51)40-15-5-4-14-37(40)36-13-10-28-52-31-36)33-22-20-32(21-23-33)38-25-26-39(50-49(38)42-17-7-9-19-47(42)56-50)35-24-27-48-43(29-35)41-16-6-8-18-46(41)55-48/h1-31H. The largest absolute Gasteiger partial charge is 0.456 e. The summed E-state index contributed by atoms with van der Waals surface area (Å²) in [5.74, 6) is 0.673. The first-order chi connectivity index (χ1) is 27.7. The fraction of sp³-hybridized carbons (Fsp3) is 0. The first kappa shape index (κ1) is 31.9. The molecule has 0 aliphatic carbocycles. The minimum atomic E-state index is 0.673. The van der Waals surface area contributed by atoms with Gasteiger partial charge < -0.3 is 8.83 Å². The van der Waals surface area contributed by atoms with E-state index in [0.29, 0.717) is 5.82 Å². The Balaban J connectivity index is 1.04. The van der Waals surface area contributed by atoms with Crippen LogP contribution in [-0.2, 0) is 0 Å². The summed E-state index contributed by atoms with van der Waals surface area (Å²) in [6.07, 6.45) is 3.69. The quantitative estimate of drug-likeness (QED) is 0.171. The van der Waals surface area contributed by atoms with E-state index in [2.05, 4.69) is 132 Å². The van der Waals surface area contributed by atoms with Crippen molar-refractivity contribution in [2.24, 2.45) is 0 Å². The maximum atomic E-state index is 6.68. The van der Waals surface area contributed by atoms with Gasteiger partial charge in [0.2, 0.25) is 0 Å². The normalized spacial score (nSPS) is 11.6. The van der Waals surface area contributed by atoms with Crippen LogP contribution in [0.2, 0.25) is 0 Å². The fourth-order valence-electron chi connectivity index (χ4n) is 7.94. The summed E-state index contributed by atoms with van der Waals surface area (Å²) in [6, 6.07) is 60.6. The van der Waals surface area contributed by atoms with Crippen LogP contribution in [0.3, 0.4) is 0 Å². The molecule has 11 aromatic rings. The van der Waals surface area contributed by atoms with Crippen molar-refractivity contribution in [2.75, 3.05) is 0 Å². The van der Waals surface area contributed by atoms with Gasteiger partial charge in [-0.25, -0.2) is 9.97 Å². The van der Waals surface area contributed by atoms with Gasteiger partial charge in [0, 0.05) is 61.8 Å². The molecule has 0 spiro atoms. The van der Waals surface area contributed by atoms with Crippen molar-refractivity contribution < 1.29 is 8.83 Å². The first-order valence-electron chi connectivity index (χ1n) is 18.7. The number of para-hydroxylation sites is 2. The highest BCUT2D eigenvalue weighted by Gasteiger charge is 2.19. The van der Waals surface area contributed by atoms with Crippen molar-refractivity contribution in [3.05, 3.63) is 188 Å². The number of fused-ring (bicyclic) bond motifs is 6. The van der Waals surface area contributed by atoms with Gasteiger partial charge in [0.05, 0.1) is 11.4 Å². The van der Waals surface area contributed by atoms with Crippen LogP contribution in [-0.4, -0.2) is 15.0 Å². The number of benzene rings is 7. The number of rotatable bonds is 6. The highest BCUT2D eigenvalue weighted by atomic mass is 16.3. The minimum absolute atomic E-state index is 0.673. The van der Waals surface area contributed by atoms with E-state index in [4.69, 9.17) is 18.8 Å². The summed E-state index contributed by atoms with van der Waals surface area (Å²) in [6.45, 7) is 0. The van der Waals surface area contributed by atoms with Gasteiger partial charge in [0.1, 0.15) is 22.3 Å². The Morgan fingerprint density at radius 1 is 0.357 bits per heavy atom. The summed E-state index contributed by atoms with van der Waals surface area (Å²) in [5.41, 5.74) is 14.6. The Bertz CT molecular complexity index is 3240. The van der Waals surface area contributed by atoms with E-state index in [9.17, 15) is 0 Å². The van der Waals surface area contributed by atoms with Crippen molar-refractivity contribution in [1.29, 1.82) is 0 Å². The molecular formula is C51H31N3O2. The molecule has 0 atom stereocenters. The monoisotopic (exact) mass is 717 g/mol. The van der Waals surface area contributed by atoms with Crippen molar-refractivity contribution in [1.82, 2.24) is 15.0 Å². The summed E-state index contributed by atoms with van der Waals surface area (Å²) in [5, 5.41) is 4.36. The summed E-state index contributed by atoms with van der Waals surface area (Å²) >= 11 is 0. The Kier molecular flexibility index (Phi) is 7.42. The van der Waals surface area contributed by atoms with E-state index in [1.807, 2.05) is 54.7 Å². The van der Waals surface area contributed by atoms with Gasteiger partial charge >= 0.3 is 0 Å². The number of hydrogen-bond acceptors (Lipinski definition) is 5. The van der Waals surface area contributed by atoms with Gasteiger partial charge in [-0.3, -0.25) is 4.98 Å². The van der Waals surface area contributed by atoms with Crippen LogP contribution in [0.15, 0.2) is 197 Å². The topological polar surface area (TPSA) is 65.0 Å². The zero-order valence-corrected chi connectivity index (χ0v) is 30.1. The Hall–Kier alpha value is -7.63. The van der Waals surface area contributed by atoms with Crippen LogP contribution in [0.5, 0.6) is 0 Å². The predicted octanol–water partition coefficient (Wildman–Crippen LogP) is 13.7. The second-order valence-corrected chi connectivity index (χ2v) is 14.0. The van der Waals surface area contributed by atoms with E-state index >= 15 is 0 Å². The SMILES string of the molecule is c1ccc(-c2nc(-c3ccc(-c4ccc(-c5ccc6oc7ccccc7c6c5)c5oc6ccccc6c45)cc3)cc(-c3ccccc3-c3cccnc3)n2)cc1. The molecule has 56 heavy (non-hydrogen) atoms. The smallest absolute Gasteiger partial charge is 0.160 e. The van der Waals surface area contributed by atoms with E-state index < -0.39 is 0 Å². The minimum Gasteiger partial charge on any atom is -0.456 e. The van der Waals surface area contributed by atoms with Gasteiger partial charge in [-0.05, 0) is 64.7 Å². The summed E-state index contributed by atoms with van der Waals surface area (Å²) in [7, 11) is 0. The maximum Gasteiger partial charge on any atom is 0.160 e. The molecule has 262 valence electrons. The number of hydrogen-bond donors (Lipinski definition) is 0. The fourth-order valence-corrected chi connectivity index (χ4v) is 7.94. The highest BCUT2D eigenvalue weighted by Crippen LogP contribution is 2.43. The average molecular weight is 718 g/mol. The van der Waals surface area contributed by atoms with E-state index in [1.165, 1.54) is 0 Å². The van der Waals surface area contributed by atoms with Gasteiger partial charge in [0.15, 0.2) is 5.82 Å². The molecule has 4 aromatic heterocycles. The molecule has 0 unspecified atom stereocenters. The van der Waals surface area contributed by atoms with Crippen LogP contribution in [0, 0.1) is 0 Å². The lowest BCUT2D eigenvalue weighted by molar-refractivity contribution is 0.668. The van der Waals surface area contributed by atoms with Crippen molar-refractivity contribution in [3.63, 3.8) is 0 Å². The molecular weight excluding hydrogens is 687 g/mol. The van der Waals surface area contributed by atoms with E-state index in [-0.39, 0.29) is 0 Å². The van der Waals surface area contributed by atoms with Crippen LogP contribution in [0.4, 0.5) is 0 Å². The van der Waals surface area contributed by atoms with Crippen LogP contribution in [0.1, 0.15) is 0 Å². The van der Waals surface area contributed by atoms with Crippen LogP contribution in [0.25, 0.3) is 111 Å². The van der Waals surface area contributed by atoms with Gasteiger partial charge in [-0.1, -0.05) is 133 Å². The van der Waals surface area contributed by atoms with Crippen LogP contribution >= 0.6 is 0 Å². The van der Waals surface area contributed by atoms with Crippen LogP contribution < -0.4 is 0 Å². The molecule has 7 aromatic carbocycles. The first-order valence-corrected chi connectivity index (χ1v) is 18.7. The molecule has 0 N–H and O–H groups in total. The van der Waals surface area contributed by atoms with Crippen molar-refractivity contribution in [2.45, 2.75) is 0 Å². The molecule has 0 aliphatic rings. The van der Waals surface area contributed by atoms with Crippen molar-refractivity contribution >= 4 is 43.9 Å². The third-order valence-corrected chi connectivity index (χ3v) is 10.6. The number of furan rings is 2. The molecule has 5 heteroatoms. The second kappa shape index (κ2) is 13.0. The Morgan fingerprint density at radius 2 is 1.00 bits per heavy atom. The molecule has 11 rings (SSSR count). The predicted molar refractivity (Wildman–Crippen MR) is 227 cm³/mol. The molecule has 0 radical (unpaired) electrons. The van der Waals surface area contributed by atoms with E-state index in [1.54, 1.807) is 6.20 Å². The second-order valence-electron chi connectivity index (χ2n) is 14.0. The molecule has 0 fully saturated rings. The molecule has 0 bridgehead atoms. The third kappa shape index (κ3) is 5.37. The number of pyridine rings is 1. The third-order valence-electron chi connectivity index (χ3n) is 10.6. The van der Waals surface area contributed by atoms with Crippen molar-refractivity contribution in [3.8, 4) is 67.3 Å². The average Bonchev–Trinajstić information content (AvgIpc) is 3.85. The lowest BCUT2D eigenvalue weighted by Crippen LogP contribution is -1.97. The molecule has 0 amide bonds. The number of nitrogens with zero attached hydrogens (tertiary/aromatic N) is 3. The zero-order valence-electron chi connectivity index (χ0n) is 30.1. The van der Waals surface area contributed by atoms with Gasteiger partial charge in [-0.2, -0.15) is 0 Å². The Labute approximate surface area is 322 Å².